The molecular weight excluding hydrogens is 402 g/mol. The number of phenols is 1. The van der Waals surface area contributed by atoms with Crippen LogP contribution in [0.5, 0.6) is 5.75 Å². The van der Waals surface area contributed by atoms with Crippen LogP contribution in [0.1, 0.15) is 43.0 Å². The predicted molar refractivity (Wildman–Crippen MR) is 115 cm³/mol. The molecule has 1 amide bonds. The second-order valence-corrected chi connectivity index (χ2v) is 7.25. The van der Waals surface area contributed by atoms with Crippen LogP contribution in [0.4, 0.5) is 20.2 Å². The summed E-state index contributed by atoms with van der Waals surface area (Å²) in [5.74, 6) is -0.613. The molecule has 0 aliphatic carbocycles. The maximum absolute atomic E-state index is 12.9. The molecule has 4 N–H and O–H groups in total. The maximum Gasteiger partial charge on any atom is 0.230 e. The normalized spacial score (nSPS) is 16.2. The van der Waals surface area contributed by atoms with E-state index in [2.05, 4.69) is 0 Å². The highest BCUT2D eigenvalue weighted by Gasteiger charge is 2.39. The molecule has 162 valence electrons. The lowest BCUT2D eigenvalue weighted by Gasteiger charge is -2.41. The van der Waals surface area contributed by atoms with Crippen molar-refractivity contribution in [3.8, 4) is 5.75 Å². The average Bonchev–Trinajstić information content (AvgIpc) is 2.74. The molecule has 0 bridgehead atoms. The summed E-state index contributed by atoms with van der Waals surface area (Å²) in [7, 11) is 0. The fourth-order valence-electron chi connectivity index (χ4n) is 3.35. The highest BCUT2D eigenvalue weighted by molar-refractivity contribution is 6.01. The highest BCUT2D eigenvalue weighted by atomic mass is 19.1. The van der Waals surface area contributed by atoms with Gasteiger partial charge in [0.25, 0.3) is 0 Å². The maximum atomic E-state index is 12.9. The summed E-state index contributed by atoms with van der Waals surface area (Å²) in [4.78, 5) is 13.4. The van der Waals surface area contributed by atoms with Gasteiger partial charge in [0.2, 0.25) is 5.91 Å². The Bertz CT molecular complexity index is 1040. The smallest absolute Gasteiger partial charge is 0.230 e. The quantitative estimate of drug-likeness (QED) is 0.411. The fraction of sp³-hybridized carbons (Fsp3) is 0.208. The Labute approximate surface area is 179 Å². The summed E-state index contributed by atoms with van der Waals surface area (Å²) in [6.07, 6.45) is 0.510. The second-order valence-electron chi connectivity index (χ2n) is 7.25. The average molecular weight is 426 g/mol. The van der Waals surface area contributed by atoms with Crippen LogP contribution in [0.15, 0.2) is 66.7 Å². The van der Waals surface area contributed by atoms with Crippen molar-refractivity contribution in [1.82, 2.24) is 0 Å². The molecule has 0 saturated carbocycles. The molecule has 1 fully saturated rings. The number of aliphatic hydroxyl groups is 1. The molecule has 31 heavy (non-hydrogen) atoms. The number of benzene rings is 3. The topological polar surface area (TPSA) is 86.8 Å². The monoisotopic (exact) mass is 426 g/mol. The van der Waals surface area contributed by atoms with Crippen LogP contribution in [-0.4, -0.2) is 16.1 Å². The SMILES string of the molecule is CCC(O)c1ccc(F)cc1.Nc1ccc(C2CC(=O)N2c2ccc(F)cc2)c(O)c1. The Hall–Kier alpha value is -3.45. The molecule has 1 saturated heterocycles. The van der Waals surface area contributed by atoms with E-state index in [0.717, 1.165) is 5.56 Å². The number of hydrogen-bond donors (Lipinski definition) is 3. The largest absolute Gasteiger partial charge is 0.508 e. The number of rotatable bonds is 4. The molecule has 2 unspecified atom stereocenters. The van der Waals surface area contributed by atoms with E-state index >= 15 is 0 Å². The molecule has 3 aromatic rings. The van der Waals surface area contributed by atoms with E-state index in [-0.39, 0.29) is 29.3 Å². The standard InChI is InChI=1S/C15H13FN2O2.C9H11FO/c16-9-1-4-11(5-2-9)18-13(8-15(18)20)12-6-3-10(17)7-14(12)19;1-2-9(11)7-3-5-8(10)6-4-7/h1-7,13,19H,8,17H2;3-6,9,11H,2H2,1H3. The van der Waals surface area contributed by atoms with Gasteiger partial charge in [-0.25, -0.2) is 8.78 Å². The number of hydrogen-bond acceptors (Lipinski definition) is 4. The van der Waals surface area contributed by atoms with Gasteiger partial charge in [0.15, 0.2) is 0 Å². The molecule has 1 aliphatic heterocycles. The minimum absolute atomic E-state index is 0.0576. The summed E-state index contributed by atoms with van der Waals surface area (Å²) in [5, 5.41) is 19.2. The summed E-state index contributed by atoms with van der Waals surface area (Å²) in [6.45, 7) is 1.88. The zero-order valence-corrected chi connectivity index (χ0v) is 17.0. The van der Waals surface area contributed by atoms with Crippen molar-refractivity contribution in [2.75, 3.05) is 10.6 Å². The van der Waals surface area contributed by atoms with Crippen molar-refractivity contribution in [3.05, 3.63) is 89.5 Å². The number of amides is 1. The molecule has 1 heterocycles. The number of aliphatic hydroxyl groups excluding tert-OH is 1. The van der Waals surface area contributed by atoms with Crippen molar-refractivity contribution in [2.24, 2.45) is 0 Å². The summed E-state index contributed by atoms with van der Waals surface area (Å²) in [5.41, 5.74) is 8.09. The Balaban J connectivity index is 0.000000210. The van der Waals surface area contributed by atoms with Gasteiger partial charge in [-0.15, -0.1) is 0 Å². The van der Waals surface area contributed by atoms with Gasteiger partial charge >= 0.3 is 0 Å². The van der Waals surface area contributed by atoms with Crippen LogP contribution in [0.2, 0.25) is 0 Å². The van der Waals surface area contributed by atoms with Crippen LogP contribution in [0.3, 0.4) is 0 Å². The summed E-state index contributed by atoms with van der Waals surface area (Å²) >= 11 is 0. The molecular formula is C24H24F2N2O3. The molecule has 0 radical (unpaired) electrons. The van der Waals surface area contributed by atoms with Gasteiger partial charge < -0.3 is 20.8 Å². The van der Waals surface area contributed by atoms with Gasteiger partial charge in [0.1, 0.15) is 17.4 Å². The van der Waals surface area contributed by atoms with Crippen LogP contribution >= 0.6 is 0 Å². The number of anilines is 2. The summed E-state index contributed by atoms with van der Waals surface area (Å²) < 4.78 is 25.3. The number of aromatic hydroxyl groups is 1. The molecule has 0 spiro atoms. The van der Waals surface area contributed by atoms with Gasteiger partial charge in [0, 0.05) is 23.0 Å². The van der Waals surface area contributed by atoms with Crippen LogP contribution < -0.4 is 10.6 Å². The van der Waals surface area contributed by atoms with Crippen molar-refractivity contribution < 1.29 is 23.8 Å². The van der Waals surface area contributed by atoms with E-state index in [1.165, 1.54) is 30.3 Å². The van der Waals surface area contributed by atoms with E-state index in [1.807, 2.05) is 6.92 Å². The van der Waals surface area contributed by atoms with Gasteiger partial charge in [-0.05, 0) is 54.4 Å². The van der Waals surface area contributed by atoms with Crippen LogP contribution in [0.25, 0.3) is 0 Å². The lowest BCUT2D eigenvalue weighted by atomic mass is 9.92. The molecule has 2 atom stereocenters. The van der Waals surface area contributed by atoms with Gasteiger partial charge in [-0.1, -0.05) is 25.1 Å². The first-order valence-electron chi connectivity index (χ1n) is 9.89. The Morgan fingerprint density at radius 1 is 1.03 bits per heavy atom. The molecule has 0 aromatic heterocycles. The Morgan fingerprint density at radius 2 is 1.61 bits per heavy atom. The van der Waals surface area contributed by atoms with Gasteiger partial charge in [-0.2, -0.15) is 0 Å². The number of nitrogens with zero attached hydrogens (tertiary/aromatic N) is 1. The summed E-state index contributed by atoms with van der Waals surface area (Å²) in [6, 6.07) is 16.2. The first-order valence-corrected chi connectivity index (χ1v) is 9.89. The van der Waals surface area contributed by atoms with Crippen molar-refractivity contribution in [1.29, 1.82) is 0 Å². The molecule has 1 aliphatic rings. The number of carbonyl (C=O) groups is 1. The highest BCUT2D eigenvalue weighted by Crippen LogP contribution is 2.42. The van der Waals surface area contributed by atoms with E-state index in [4.69, 9.17) is 5.73 Å². The predicted octanol–water partition coefficient (Wildman–Crippen LogP) is 4.86. The van der Waals surface area contributed by atoms with Crippen molar-refractivity contribution >= 4 is 17.3 Å². The van der Waals surface area contributed by atoms with E-state index in [9.17, 15) is 23.8 Å². The molecule has 7 heteroatoms. The number of nitrogen functional groups attached to an aromatic ring is 1. The van der Waals surface area contributed by atoms with Gasteiger partial charge in [-0.3, -0.25) is 4.79 Å². The Morgan fingerprint density at radius 3 is 2.13 bits per heavy atom. The molecule has 3 aromatic carbocycles. The first kappa shape index (κ1) is 22.2. The first-order chi connectivity index (χ1) is 14.8. The van der Waals surface area contributed by atoms with Gasteiger partial charge in [0.05, 0.1) is 18.6 Å². The van der Waals surface area contributed by atoms with E-state index in [1.54, 1.807) is 41.3 Å². The van der Waals surface area contributed by atoms with Crippen LogP contribution in [-0.2, 0) is 4.79 Å². The van der Waals surface area contributed by atoms with E-state index in [0.29, 0.717) is 29.8 Å². The fourth-order valence-corrected chi connectivity index (χ4v) is 3.35. The number of β-lactam (4-membered cyclic amide) rings is 1. The zero-order valence-electron chi connectivity index (χ0n) is 17.0. The van der Waals surface area contributed by atoms with Crippen molar-refractivity contribution in [3.63, 3.8) is 0 Å². The minimum atomic E-state index is -0.462. The third-order valence-corrected chi connectivity index (χ3v) is 5.11. The third kappa shape index (κ3) is 5.19. The Kier molecular flexibility index (Phi) is 6.87. The lowest BCUT2D eigenvalue weighted by Crippen LogP contribution is -2.46. The zero-order chi connectivity index (χ0) is 22.5. The third-order valence-electron chi connectivity index (χ3n) is 5.11. The lowest BCUT2D eigenvalue weighted by molar-refractivity contribution is -0.124. The minimum Gasteiger partial charge on any atom is -0.508 e. The number of carbonyl (C=O) groups excluding carboxylic acids is 1. The number of halogens is 2. The molecule has 4 rings (SSSR count). The molecule has 5 nitrogen and oxygen atoms in total. The van der Waals surface area contributed by atoms with E-state index < -0.39 is 6.10 Å². The second kappa shape index (κ2) is 9.57. The van der Waals surface area contributed by atoms with Crippen molar-refractivity contribution in [2.45, 2.75) is 31.9 Å². The number of nitrogens with two attached hydrogens (primary N) is 1. The van der Waals surface area contributed by atoms with Crippen LogP contribution in [0, 0.1) is 11.6 Å². The number of phenolic OH excluding ortho intramolecular Hbond substituents is 1.